The van der Waals surface area contributed by atoms with Crippen LogP contribution in [-0.4, -0.2) is 56.9 Å². The number of benzene rings is 1. The van der Waals surface area contributed by atoms with E-state index in [4.69, 9.17) is 5.73 Å². The lowest BCUT2D eigenvalue weighted by atomic mass is 9.97. The van der Waals surface area contributed by atoms with Gasteiger partial charge in [0, 0.05) is 32.6 Å². The largest absolute Gasteiger partial charge is 0.368 e. The molecule has 1 saturated heterocycles. The molecular weight excluding hydrogens is 354 g/mol. The molecular formula is C20H25N7O. The van der Waals surface area contributed by atoms with Crippen LogP contribution >= 0.6 is 0 Å². The molecule has 0 aliphatic carbocycles. The van der Waals surface area contributed by atoms with E-state index in [2.05, 4.69) is 43.9 Å². The zero-order valence-electron chi connectivity index (χ0n) is 16.0. The number of nitrogens with two attached hydrogens (primary N) is 1. The molecule has 4 rings (SSSR count). The molecule has 0 radical (unpaired) electrons. The number of amides is 1. The van der Waals surface area contributed by atoms with Gasteiger partial charge in [0.15, 0.2) is 11.5 Å². The van der Waals surface area contributed by atoms with Crippen molar-refractivity contribution in [2.75, 3.05) is 36.8 Å². The van der Waals surface area contributed by atoms with E-state index < -0.39 is 0 Å². The topological polar surface area (TPSA) is 104 Å². The van der Waals surface area contributed by atoms with Gasteiger partial charge in [0.2, 0.25) is 11.9 Å². The van der Waals surface area contributed by atoms with Gasteiger partial charge in [-0.2, -0.15) is 9.97 Å². The van der Waals surface area contributed by atoms with E-state index in [1.165, 1.54) is 5.56 Å². The predicted molar refractivity (Wildman–Crippen MR) is 109 cm³/mol. The van der Waals surface area contributed by atoms with Crippen molar-refractivity contribution in [2.45, 2.75) is 25.7 Å². The van der Waals surface area contributed by atoms with E-state index in [1.54, 1.807) is 6.33 Å². The van der Waals surface area contributed by atoms with Gasteiger partial charge >= 0.3 is 0 Å². The minimum absolute atomic E-state index is 0.201. The highest BCUT2D eigenvalue weighted by Gasteiger charge is 2.23. The quantitative estimate of drug-likeness (QED) is 0.720. The lowest BCUT2D eigenvalue weighted by molar-refractivity contribution is -0.131. The van der Waals surface area contributed by atoms with E-state index in [0.29, 0.717) is 25.2 Å². The minimum Gasteiger partial charge on any atom is -0.368 e. The van der Waals surface area contributed by atoms with Crippen LogP contribution in [0.2, 0.25) is 0 Å². The van der Waals surface area contributed by atoms with Gasteiger partial charge in [-0.1, -0.05) is 37.3 Å². The van der Waals surface area contributed by atoms with Gasteiger partial charge < -0.3 is 20.5 Å². The van der Waals surface area contributed by atoms with Gasteiger partial charge in [0.25, 0.3) is 0 Å². The molecule has 1 aliphatic heterocycles. The molecule has 146 valence electrons. The first-order valence-corrected chi connectivity index (χ1v) is 9.66. The monoisotopic (exact) mass is 379 g/mol. The van der Waals surface area contributed by atoms with Gasteiger partial charge in [0.05, 0.1) is 6.33 Å². The number of nitrogens with zero attached hydrogens (tertiary/aromatic N) is 5. The molecule has 8 nitrogen and oxygen atoms in total. The van der Waals surface area contributed by atoms with Gasteiger partial charge in [-0.25, -0.2) is 4.98 Å². The molecule has 3 N–H and O–H groups in total. The van der Waals surface area contributed by atoms with Gasteiger partial charge in [-0.05, 0) is 17.9 Å². The number of fused-ring (bicyclic) bond motifs is 1. The summed E-state index contributed by atoms with van der Waals surface area (Å²) in [5, 5.41) is 0. The van der Waals surface area contributed by atoms with Gasteiger partial charge in [0.1, 0.15) is 5.52 Å². The summed E-state index contributed by atoms with van der Waals surface area (Å²) in [6.07, 6.45) is 3.00. The minimum atomic E-state index is 0.201. The molecule has 0 unspecified atom stereocenters. The third kappa shape index (κ3) is 3.76. The summed E-state index contributed by atoms with van der Waals surface area (Å²) in [5.74, 6) is 1.38. The number of carbonyl (C=O) groups is 1. The first-order valence-electron chi connectivity index (χ1n) is 9.66. The molecule has 28 heavy (non-hydrogen) atoms. The third-order valence-electron chi connectivity index (χ3n) is 5.28. The SMILES string of the molecule is C[C@H](CC(=O)N1CCCN(c2nc(N)nc3nc[nH]c23)CC1)c1ccccc1. The Morgan fingerprint density at radius 3 is 2.82 bits per heavy atom. The lowest BCUT2D eigenvalue weighted by Gasteiger charge is -2.24. The van der Waals surface area contributed by atoms with Crippen molar-refractivity contribution in [1.82, 2.24) is 24.8 Å². The maximum atomic E-state index is 12.8. The predicted octanol–water partition coefficient (Wildman–Crippen LogP) is 2.17. The summed E-state index contributed by atoms with van der Waals surface area (Å²) in [5.41, 5.74) is 8.40. The van der Waals surface area contributed by atoms with Crippen LogP contribution in [0.3, 0.4) is 0 Å². The Morgan fingerprint density at radius 2 is 2.00 bits per heavy atom. The van der Waals surface area contributed by atoms with Crippen LogP contribution in [0.1, 0.15) is 31.2 Å². The summed E-state index contributed by atoms with van der Waals surface area (Å²) in [6.45, 7) is 5.04. The highest BCUT2D eigenvalue weighted by Crippen LogP contribution is 2.24. The molecule has 1 atom stereocenters. The molecule has 0 saturated carbocycles. The molecule has 0 bridgehead atoms. The molecule has 3 aromatic rings. The highest BCUT2D eigenvalue weighted by atomic mass is 16.2. The smallest absolute Gasteiger partial charge is 0.224 e. The van der Waals surface area contributed by atoms with Crippen molar-refractivity contribution in [3.05, 3.63) is 42.2 Å². The fourth-order valence-electron chi connectivity index (χ4n) is 3.73. The molecule has 0 spiro atoms. The Balaban J connectivity index is 1.43. The van der Waals surface area contributed by atoms with Crippen LogP contribution in [0, 0.1) is 0 Å². The number of hydrogen-bond donors (Lipinski definition) is 2. The fraction of sp³-hybridized carbons (Fsp3) is 0.400. The Labute approximate surface area is 163 Å². The van der Waals surface area contributed by atoms with Crippen molar-refractivity contribution in [3.63, 3.8) is 0 Å². The van der Waals surface area contributed by atoms with Gasteiger partial charge in [-0.15, -0.1) is 0 Å². The van der Waals surface area contributed by atoms with Crippen LogP contribution < -0.4 is 10.6 Å². The zero-order valence-corrected chi connectivity index (χ0v) is 16.0. The number of carbonyl (C=O) groups excluding carboxylic acids is 1. The van der Waals surface area contributed by atoms with Crippen molar-refractivity contribution < 1.29 is 4.79 Å². The van der Waals surface area contributed by atoms with Crippen LogP contribution in [0.4, 0.5) is 11.8 Å². The number of hydrogen-bond acceptors (Lipinski definition) is 6. The number of aromatic amines is 1. The average molecular weight is 379 g/mol. The van der Waals surface area contributed by atoms with Crippen LogP contribution in [0.25, 0.3) is 11.2 Å². The molecule has 1 aromatic carbocycles. The van der Waals surface area contributed by atoms with Crippen LogP contribution in [-0.2, 0) is 4.79 Å². The number of H-pyrrole nitrogens is 1. The second-order valence-corrected chi connectivity index (χ2v) is 7.24. The van der Waals surface area contributed by atoms with E-state index in [0.717, 1.165) is 30.8 Å². The zero-order chi connectivity index (χ0) is 19.5. The number of nitrogens with one attached hydrogen (secondary N) is 1. The van der Waals surface area contributed by atoms with Crippen molar-refractivity contribution >= 4 is 28.8 Å². The Bertz CT molecular complexity index is 956. The maximum Gasteiger partial charge on any atom is 0.224 e. The van der Waals surface area contributed by atoms with E-state index >= 15 is 0 Å². The van der Waals surface area contributed by atoms with E-state index in [9.17, 15) is 4.79 Å². The first kappa shape index (κ1) is 18.2. The Morgan fingerprint density at radius 1 is 1.18 bits per heavy atom. The van der Waals surface area contributed by atoms with Crippen molar-refractivity contribution in [3.8, 4) is 0 Å². The van der Waals surface area contributed by atoms with Crippen LogP contribution in [0.15, 0.2) is 36.7 Å². The number of anilines is 2. The summed E-state index contributed by atoms with van der Waals surface area (Å²) < 4.78 is 0. The molecule has 8 heteroatoms. The standard InChI is InChI=1S/C20H25N7O/c1-14(15-6-3-2-4-7-15)12-16(28)26-8-5-9-27(11-10-26)19-17-18(23-13-22-17)24-20(21)25-19/h2-4,6-7,13-14H,5,8-12H2,1H3,(H3,21,22,23,24,25)/t14-/m1/s1. The second-order valence-electron chi connectivity index (χ2n) is 7.24. The third-order valence-corrected chi connectivity index (χ3v) is 5.28. The first-order chi connectivity index (χ1) is 13.6. The Hall–Kier alpha value is -3.16. The number of nitrogen functional groups attached to an aromatic ring is 1. The summed E-state index contributed by atoms with van der Waals surface area (Å²) in [4.78, 5) is 32.8. The fourth-order valence-corrected chi connectivity index (χ4v) is 3.73. The Kier molecular flexibility index (Phi) is 5.10. The molecule has 3 heterocycles. The molecule has 1 amide bonds. The lowest BCUT2D eigenvalue weighted by Crippen LogP contribution is -2.36. The van der Waals surface area contributed by atoms with Crippen molar-refractivity contribution in [2.24, 2.45) is 0 Å². The number of imidazole rings is 1. The van der Waals surface area contributed by atoms with Gasteiger partial charge in [-0.3, -0.25) is 4.79 Å². The van der Waals surface area contributed by atoms with E-state index in [1.807, 2.05) is 23.1 Å². The second kappa shape index (κ2) is 7.84. The molecule has 1 aliphatic rings. The summed E-state index contributed by atoms with van der Waals surface area (Å²) >= 11 is 0. The number of aromatic nitrogens is 4. The normalized spacial score (nSPS) is 16.2. The summed E-state index contributed by atoms with van der Waals surface area (Å²) in [6, 6.07) is 10.2. The maximum absolute atomic E-state index is 12.8. The van der Waals surface area contributed by atoms with Crippen molar-refractivity contribution in [1.29, 1.82) is 0 Å². The molecule has 1 fully saturated rings. The van der Waals surface area contributed by atoms with E-state index in [-0.39, 0.29) is 17.8 Å². The summed E-state index contributed by atoms with van der Waals surface area (Å²) in [7, 11) is 0. The molecule has 2 aromatic heterocycles. The van der Waals surface area contributed by atoms with Crippen LogP contribution in [0.5, 0.6) is 0 Å². The average Bonchev–Trinajstić information content (AvgIpc) is 3.03. The highest BCUT2D eigenvalue weighted by molar-refractivity contribution is 5.84. The number of rotatable bonds is 4.